The Hall–Kier alpha value is -2.15. The molecule has 4 rings (SSSR count). The van der Waals surface area contributed by atoms with Gasteiger partial charge in [0.15, 0.2) is 5.82 Å². The molecule has 2 fully saturated rings. The molecule has 0 bridgehead atoms. The maximum absolute atomic E-state index is 5.77. The van der Waals surface area contributed by atoms with Gasteiger partial charge in [0.1, 0.15) is 5.82 Å². The molecule has 1 aliphatic heterocycles. The highest BCUT2D eigenvalue weighted by atomic mass is 15.3. The van der Waals surface area contributed by atoms with Crippen LogP contribution in [-0.4, -0.2) is 39.8 Å². The average molecular weight is 327 g/mol. The lowest BCUT2D eigenvalue weighted by atomic mass is 10.0. The van der Waals surface area contributed by atoms with Gasteiger partial charge in [0.25, 0.3) is 0 Å². The van der Waals surface area contributed by atoms with Crippen LogP contribution >= 0.6 is 0 Å². The van der Waals surface area contributed by atoms with Gasteiger partial charge in [0.2, 0.25) is 5.95 Å². The highest BCUT2D eigenvalue weighted by molar-refractivity contribution is 5.53. The molecule has 128 valence electrons. The van der Waals surface area contributed by atoms with Crippen LogP contribution in [0.3, 0.4) is 0 Å². The summed E-state index contributed by atoms with van der Waals surface area (Å²) in [4.78, 5) is 11.2. The third-order valence-corrected chi connectivity index (χ3v) is 5.19. The molecular formula is C17H25N7. The molecule has 1 aliphatic carbocycles. The van der Waals surface area contributed by atoms with Crippen molar-refractivity contribution in [3.05, 3.63) is 24.0 Å². The lowest BCUT2D eigenvalue weighted by Crippen LogP contribution is -2.24. The van der Waals surface area contributed by atoms with Gasteiger partial charge in [-0.25, -0.2) is 4.98 Å². The largest absolute Gasteiger partial charge is 0.340 e. The van der Waals surface area contributed by atoms with Crippen LogP contribution in [0.4, 0.5) is 17.6 Å². The molecule has 2 aliphatic rings. The third kappa shape index (κ3) is 3.21. The van der Waals surface area contributed by atoms with E-state index in [1.165, 1.54) is 31.4 Å². The Labute approximate surface area is 142 Å². The normalized spacial score (nSPS) is 21.5. The van der Waals surface area contributed by atoms with Crippen molar-refractivity contribution in [2.24, 2.45) is 11.7 Å². The zero-order valence-corrected chi connectivity index (χ0v) is 13.9. The highest BCUT2D eigenvalue weighted by Crippen LogP contribution is 2.34. The second-order valence-electron chi connectivity index (χ2n) is 6.89. The Morgan fingerprint density at radius 1 is 1.25 bits per heavy atom. The number of rotatable bonds is 5. The summed E-state index contributed by atoms with van der Waals surface area (Å²) in [6, 6.07) is 3.99. The van der Waals surface area contributed by atoms with Gasteiger partial charge in [-0.15, -0.1) is 0 Å². The van der Waals surface area contributed by atoms with Gasteiger partial charge < -0.3 is 16.0 Å². The first-order valence-electron chi connectivity index (χ1n) is 8.92. The molecule has 4 N–H and O–H groups in total. The summed E-state index contributed by atoms with van der Waals surface area (Å²) in [5, 5.41) is 10.8. The molecule has 0 spiro atoms. The van der Waals surface area contributed by atoms with E-state index in [9.17, 15) is 0 Å². The standard InChI is InChI=1S/C17H25N7/c18-10-12-6-8-24(11-12)17-19-7-5-15(21-17)20-16-9-14(22-23-16)13-3-1-2-4-13/h5,7,9,12-13H,1-4,6,8,10-11,18H2,(H2,19,20,21,22,23)/t12-/m1/s1. The molecule has 0 unspecified atom stereocenters. The fourth-order valence-corrected chi connectivity index (χ4v) is 3.75. The van der Waals surface area contributed by atoms with Gasteiger partial charge in [0.05, 0.1) is 0 Å². The number of nitrogens with two attached hydrogens (primary N) is 1. The van der Waals surface area contributed by atoms with Crippen LogP contribution in [0, 0.1) is 5.92 Å². The molecular weight excluding hydrogens is 302 g/mol. The van der Waals surface area contributed by atoms with Crippen LogP contribution in [0.25, 0.3) is 0 Å². The smallest absolute Gasteiger partial charge is 0.227 e. The van der Waals surface area contributed by atoms with E-state index in [0.717, 1.165) is 43.6 Å². The lowest BCUT2D eigenvalue weighted by molar-refractivity contribution is 0.602. The maximum Gasteiger partial charge on any atom is 0.227 e. The first kappa shape index (κ1) is 15.4. The number of aromatic nitrogens is 4. The third-order valence-electron chi connectivity index (χ3n) is 5.19. The Bertz CT molecular complexity index is 677. The van der Waals surface area contributed by atoms with Crippen molar-refractivity contribution >= 4 is 17.6 Å². The van der Waals surface area contributed by atoms with Crippen molar-refractivity contribution < 1.29 is 0 Å². The minimum Gasteiger partial charge on any atom is -0.340 e. The van der Waals surface area contributed by atoms with Gasteiger partial charge in [-0.05, 0) is 37.8 Å². The van der Waals surface area contributed by atoms with E-state index in [0.29, 0.717) is 11.8 Å². The molecule has 2 aromatic heterocycles. The van der Waals surface area contributed by atoms with Crippen molar-refractivity contribution in [1.82, 2.24) is 20.2 Å². The molecule has 0 amide bonds. The lowest BCUT2D eigenvalue weighted by Gasteiger charge is -2.16. The topological polar surface area (TPSA) is 95.8 Å². The predicted octanol–water partition coefficient (Wildman–Crippen LogP) is 2.39. The van der Waals surface area contributed by atoms with E-state index in [1.54, 1.807) is 6.20 Å². The molecule has 7 nitrogen and oxygen atoms in total. The molecule has 3 heterocycles. The van der Waals surface area contributed by atoms with Gasteiger partial charge >= 0.3 is 0 Å². The Morgan fingerprint density at radius 3 is 2.92 bits per heavy atom. The fraction of sp³-hybridized carbons (Fsp3) is 0.588. The first-order chi connectivity index (χ1) is 11.8. The van der Waals surface area contributed by atoms with E-state index in [-0.39, 0.29) is 0 Å². The van der Waals surface area contributed by atoms with E-state index in [4.69, 9.17) is 5.73 Å². The number of hydrogen-bond donors (Lipinski definition) is 3. The van der Waals surface area contributed by atoms with Crippen molar-refractivity contribution in [3.8, 4) is 0 Å². The Balaban J connectivity index is 1.44. The summed E-state index contributed by atoms with van der Waals surface area (Å²) < 4.78 is 0. The zero-order valence-electron chi connectivity index (χ0n) is 13.9. The van der Waals surface area contributed by atoms with Crippen molar-refractivity contribution in [2.45, 2.75) is 38.0 Å². The SMILES string of the molecule is NC[C@H]1CCN(c2nccc(Nc3cc(C4CCCC4)[nH]n3)n2)C1. The quantitative estimate of drug-likeness (QED) is 0.780. The highest BCUT2D eigenvalue weighted by Gasteiger charge is 2.23. The minimum absolute atomic E-state index is 0.547. The van der Waals surface area contributed by atoms with Gasteiger partial charge in [0, 0.05) is 37.0 Å². The monoisotopic (exact) mass is 327 g/mol. The van der Waals surface area contributed by atoms with E-state index in [1.807, 2.05) is 6.07 Å². The van der Waals surface area contributed by atoms with E-state index >= 15 is 0 Å². The van der Waals surface area contributed by atoms with Gasteiger partial charge in [-0.1, -0.05) is 12.8 Å². The van der Waals surface area contributed by atoms with Crippen molar-refractivity contribution in [3.63, 3.8) is 0 Å². The van der Waals surface area contributed by atoms with Crippen molar-refractivity contribution in [2.75, 3.05) is 29.9 Å². The number of hydrogen-bond acceptors (Lipinski definition) is 6. The number of H-pyrrole nitrogens is 1. The predicted molar refractivity (Wildman–Crippen MR) is 94.5 cm³/mol. The summed E-state index contributed by atoms with van der Waals surface area (Å²) in [5.74, 6) is 3.54. The second-order valence-corrected chi connectivity index (χ2v) is 6.89. The second kappa shape index (κ2) is 6.76. The first-order valence-corrected chi connectivity index (χ1v) is 8.92. The van der Waals surface area contributed by atoms with Crippen molar-refractivity contribution in [1.29, 1.82) is 0 Å². The van der Waals surface area contributed by atoms with Gasteiger partial charge in [-0.3, -0.25) is 5.10 Å². The van der Waals surface area contributed by atoms with Gasteiger partial charge in [-0.2, -0.15) is 10.1 Å². The molecule has 7 heteroatoms. The minimum atomic E-state index is 0.547. The molecule has 0 aromatic carbocycles. The molecule has 1 saturated heterocycles. The number of nitrogens with zero attached hydrogens (tertiary/aromatic N) is 4. The average Bonchev–Trinajstić information content (AvgIpc) is 3.36. The van der Waals surface area contributed by atoms with Crippen LogP contribution in [-0.2, 0) is 0 Å². The number of nitrogens with one attached hydrogen (secondary N) is 2. The van der Waals surface area contributed by atoms with Crippen LogP contribution in [0.15, 0.2) is 18.3 Å². The summed E-state index contributed by atoms with van der Waals surface area (Å²) in [7, 11) is 0. The van der Waals surface area contributed by atoms with E-state index in [2.05, 4.69) is 36.4 Å². The Kier molecular flexibility index (Phi) is 4.34. The maximum atomic E-state index is 5.77. The summed E-state index contributed by atoms with van der Waals surface area (Å²) in [6.45, 7) is 2.64. The molecule has 0 radical (unpaired) electrons. The van der Waals surface area contributed by atoms with Crippen LogP contribution in [0.2, 0.25) is 0 Å². The summed E-state index contributed by atoms with van der Waals surface area (Å²) in [6.07, 6.45) is 8.07. The molecule has 1 saturated carbocycles. The number of anilines is 3. The Morgan fingerprint density at radius 2 is 2.12 bits per heavy atom. The summed E-state index contributed by atoms with van der Waals surface area (Å²) >= 11 is 0. The van der Waals surface area contributed by atoms with Crippen LogP contribution in [0.1, 0.15) is 43.7 Å². The fourth-order valence-electron chi connectivity index (χ4n) is 3.75. The van der Waals surface area contributed by atoms with E-state index < -0.39 is 0 Å². The molecule has 24 heavy (non-hydrogen) atoms. The van der Waals surface area contributed by atoms with Crippen LogP contribution < -0.4 is 16.0 Å². The molecule has 1 atom stereocenters. The van der Waals surface area contributed by atoms with Crippen LogP contribution in [0.5, 0.6) is 0 Å². The zero-order chi connectivity index (χ0) is 16.4. The summed E-state index contributed by atoms with van der Waals surface area (Å²) in [5.41, 5.74) is 7.00. The molecule has 2 aromatic rings. The number of aromatic amines is 1.